The highest BCUT2D eigenvalue weighted by Crippen LogP contribution is 2.17. The first-order valence-electron chi connectivity index (χ1n) is 4.48. The molecule has 1 aromatic heterocycles. The largest absolute Gasteiger partial charge is 0.384 e. The van der Waals surface area contributed by atoms with Gasteiger partial charge in [0.25, 0.3) is 0 Å². The van der Waals surface area contributed by atoms with Gasteiger partial charge >= 0.3 is 0 Å². The molecule has 1 heterocycles. The van der Waals surface area contributed by atoms with Crippen molar-refractivity contribution >= 4 is 9.84 Å². The third kappa shape index (κ3) is 2.97. The van der Waals surface area contributed by atoms with E-state index in [1.165, 1.54) is 6.92 Å². The zero-order valence-electron chi connectivity index (χ0n) is 8.88. The van der Waals surface area contributed by atoms with Crippen molar-refractivity contribution in [3.8, 4) is 0 Å². The lowest BCUT2D eigenvalue weighted by Gasteiger charge is -2.15. The smallest absolute Gasteiger partial charge is 0.158 e. The summed E-state index contributed by atoms with van der Waals surface area (Å²) in [6.45, 7) is 3.25. The minimum absolute atomic E-state index is 0.138. The first kappa shape index (κ1) is 12.1. The number of rotatable bonds is 3. The molecule has 0 fully saturated rings. The summed E-state index contributed by atoms with van der Waals surface area (Å²) in [5, 5.41) is 8.81. The molecular weight excluding hydrogens is 216 g/mol. The van der Waals surface area contributed by atoms with Crippen LogP contribution in [-0.2, 0) is 9.84 Å². The highest BCUT2D eigenvalue weighted by Gasteiger charge is 2.27. The van der Waals surface area contributed by atoms with E-state index in [2.05, 4.69) is 9.97 Å². The van der Waals surface area contributed by atoms with Crippen LogP contribution in [0.2, 0.25) is 0 Å². The maximum atomic E-state index is 11.2. The summed E-state index contributed by atoms with van der Waals surface area (Å²) in [6.07, 6.45) is 2.98. The van der Waals surface area contributed by atoms with Crippen LogP contribution in [0.15, 0.2) is 12.4 Å². The van der Waals surface area contributed by atoms with Crippen molar-refractivity contribution in [1.29, 1.82) is 0 Å². The maximum absolute atomic E-state index is 11.2. The van der Waals surface area contributed by atoms with Gasteiger partial charge in [-0.15, -0.1) is 0 Å². The molecular formula is C9H14N2O3S. The lowest BCUT2D eigenvalue weighted by molar-refractivity contribution is 0.166. The minimum Gasteiger partial charge on any atom is -0.384 e. The van der Waals surface area contributed by atoms with Gasteiger partial charge in [-0.2, -0.15) is 0 Å². The molecule has 0 bridgehead atoms. The average Bonchev–Trinajstić information content (AvgIpc) is 2.15. The van der Waals surface area contributed by atoms with Gasteiger partial charge in [0.2, 0.25) is 0 Å². The third-order valence-electron chi connectivity index (χ3n) is 2.19. The summed E-state index contributed by atoms with van der Waals surface area (Å²) in [6, 6.07) is 0. The van der Waals surface area contributed by atoms with Gasteiger partial charge in [0.05, 0.1) is 5.25 Å². The van der Waals surface area contributed by atoms with Crippen LogP contribution in [0, 0.1) is 6.92 Å². The van der Waals surface area contributed by atoms with Gasteiger partial charge in [0.1, 0.15) is 6.10 Å². The number of aliphatic hydroxyl groups excluding tert-OH is 1. The van der Waals surface area contributed by atoms with Gasteiger partial charge in [0.15, 0.2) is 15.7 Å². The predicted molar refractivity (Wildman–Crippen MR) is 56.0 cm³/mol. The summed E-state index contributed by atoms with van der Waals surface area (Å²) in [7, 11) is -3.29. The first-order valence-corrected chi connectivity index (χ1v) is 6.43. The number of aryl methyl sites for hydroxylation is 1. The molecule has 0 aromatic carbocycles. The van der Waals surface area contributed by atoms with Gasteiger partial charge in [-0.3, -0.25) is 0 Å². The predicted octanol–water partition coefficient (Wildman–Crippen LogP) is 0.252. The van der Waals surface area contributed by atoms with E-state index in [-0.39, 0.29) is 5.82 Å². The molecule has 0 unspecified atom stereocenters. The topological polar surface area (TPSA) is 80.2 Å². The Bertz CT molecular complexity index is 427. The van der Waals surface area contributed by atoms with E-state index in [4.69, 9.17) is 0 Å². The van der Waals surface area contributed by atoms with Gasteiger partial charge in [0, 0.05) is 18.6 Å². The number of hydrogen-bond donors (Lipinski definition) is 1. The molecule has 15 heavy (non-hydrogen) atoms. The molecule has 0 spiro atoms. The van der Waals surface area contributed by atoms with Crippen LogP contribution >= 0.6 is 0 Å². The molecule has 0 amide bonds. The number of sulfone groups is 1. The lowest BCUT2D eigenvalue weighted by Crippen LogP contribution is -2.25. The normalized spacial score (nSPS) is 16.0. The summed E-state index contributed by atoms with van der Waals surface area (Å²) in [5.41, 5.74) is 0.859. The van der Waals surface area contributed by atoms with Crippen LogP contribution in [0.4, 0.5) is 0 Å². The van der Waals surface area contributed by atoms with E-state index in [0.717, 1.165) is 11.8 Å². The Hall–Kier alpha value is -1.01. The van der Waals surface area contributed by atoms with E-state index in [9.17, 15) is 13.5 Å². The summed E-state index contributed by atoms with van der Waals surface area (Å²) in [5.74, 6) is 0.138. The van der Waals surface area contributed by atoms with Crippen molar-refractivity contribution in [3.63, 3.8) is 0 Å². The van der Waals surface area contributed by atoms with Crippen LogP contribution in [0.3, 0.4) is 0 Å². The summed E-state index contributed by atoms with van der Waals surface area (Å²) < 4.78 is 22.4. The van der Waals surface area contributed by atoms with Crippen molar-refractivity contribution in [2.75, 3.05) is 6.26 Å². The first-order chi connectivity index (χ1) is 6.82. The third-order valence-corrected chi connectivity index (χ3v) is 3.79. The second-order valence-corrected chi connectivity index (χ2v) is 6.00. The zero-order chi connectivity index (χ0) is 11.6. The Labute approximate surface area is 89.1 Å². The fraction of sp³-hybridized carbons (Fsp3) is 0.556. The Morgan fingerprint density at radius 3 is 2.20 bits per heavy atom. The summed E-state index contributed by atoms with van der Waals surface area (Å²) >= 11 is 0. The van der Waals surface area contributed by atoms with Crippen LogP contribution in [0.5, 0.6) is 0 Å². The Morgan fingerprint density at radius 1 is 1.33 bits per heavy atom. The monoisotopic (exact) mass is 230 g/mol. The molecule has 0 saturated carbocycles. The molecule has 1 aromatic rings. The molecule has 1 N–H and O–H groups in total. The van der Waals surface area contributed by atoms with Crippen LogP contribution in [0.25, 0.3) is 0 Å². The van der Waals surface area contributed by atoms with Gasteiger partial charge in [-0.25, -0.2) is 18.4 Å². The molecule has 2 atom stereocenters. The van der Waals surface area contributed by atoms with E-state index in [1.807, 2.05) is 6.92 Å². The number of hydrogen-bond acceptors (Lipinski definition) is 5. The van der Waals surface area contributed by atoms with Crippen LogP contribution in [-0.4, -0.2) is 35.0 Å². The molecule has 0 radical (unpaired) electrons. The maximum Gasteiger partial charge on any atom is 0.158 e. The number of aliphatic hydroxyl groups is 1. The van der Waals surface area contributed by atoms with Crippen molar-refractivity contribution < 1.29 is 13.5 Å². The van der Waals surface area contributed by atoms with E-state index < -0.39 is 21.2 Å². The Balaban J connectivity index is 2.95. The lowest BCUT2D eigenvalue weighted by atomic mass is 10.2. The van der Waals surface area contributed by atoms with Gasteiger partial charge in [-0.05, 0) is 19.4 Å². The van der Waals surface area contributed by atoms with Crippen LogP contribution in [0.1, 0.15) is 24.4 Å². The zero-order valence-corrected chi connectivity index (χ0v) is 9.69. The molecule has 1 rings (SSSR count). The standard InChI is InChI=1S/C9H14N2O3S/c1-6-4-10-9(11-5-6)8(12)7(2)15(3,13)14/h4-5,7-8,12H,1-3H3/t7-,8+/m1/s1. The SMILES string of the molecule is Cc1cnc([C@@H](O)[C@@H](C)S(C)(=O)=O)nc1. The van der Waals surface area contributed by atoms with Crippen molar-refractivity contribution in [1.82, 2.24) is 9.97 Å². The van der Waals surface area contributed by atoms with Gasteiger partial charge < -0.3 is 5.11 Å². The molecule has 6 heteroatoms. The van der Waals surface area contributed by atoms with E-state index in [0.29, 0.717) is 0 Å². The minimum atomic E-state index is -3.29. The average molecular weight is 230 g/mol. The highest BCUT2D eigenvalue weighted by molar-refractivity contribution is 7.91. The Morgan fingerprint density at radius 2 is 1.80 bits per heavy atom. The molecule has 0 saturated heterocycles. The molecule has 5 nitrogen and oxygen atoms in total. The second kappa shape index (κ2) is 4.24. The molecule has 0 aliphatic carbocycles. The quantitative estimate of drug-likeness (QED) is 0.805. The van der Waals surface area contributed by atoms with Crippen LogP contribution < -0.4 is 0 Å². The van der Waals surface area contributed by atoms with Gasteiger partial charge in [-0.1, -0.05) is 0 Å². The van der Waals surface area contributed by atoms with E-state index in [1.54, 1.807) is 12.4 Å². The van der Waals surface area contributed by atoms with Crippen molar-refractivity contribution in [2.45, 2.75) is 25.2 Å². The summed E-state index contributed by atoms with van der Waals surface area (Å²) in [4.78, 5) is 7.77. The van der Waals surface area contributed by atoms with Crippen molar-refractivity contribution in [3.05, 3.63) is 23.8 Å². The molecule has 0 aliphatic rings. The number of aromatic nitrogens is 2. The molecule has 84 valence electrons. The van der Waals surface area contributed by atoms with Crippen molar-refractivity contribution in [2.24, 2.45) is 0 Å². The fourth-order valence-electron chi connectivity index (χ4n) is 0.999. The van der Waals surface area contributed by atoms with E-state index >= 15 is 0 Å². The Kier molecular flexibility index (Phi) is 3.41. The second-order valence-electron chi connectivity index (χ2n) is 3.60. The highest BCUT2D eigenvalue weighted by atomic mass is 32.2. The molecule has 0 aliphatic heterocycles. The number of nitrogens with zero attached hydrogens (tertiary/aromatic N) is 2. The fourth-order valence-corrected chi connectivity index (χ4v) is 1.59.